The molecule has 0 fully saturated rings. The van der Waals surface area contributed by atoms with E-state index in [0.29, 0.717) is 16.5 Å². The first-order valence-corrected chi connectivity index (χ1v) is 5.33. The van der Waals surface area contributed by atoms with Crippen LogP contribution in [0.2, 0.25) is 5.02 Å². The Bertz CT molecular complexity index is 573. The lowest BCUT2D eigenvalue weighted by Crippen LogP contribution is -1.94. The number of nitriles is 1. The van der Waals surface area contributed by atoms with Crippen LogP contribution in [0.15, 0.2) is 36.5 Å². The van der Waals surface area contributed by atoms with Crippen molar-refractivity contribution in [3.8, 4) is 23.1 Å². The molecule has 1 aromatic heterocycles. The Morgan fingerprint density at radius 2 is 1.94 bits per heavy atom. The number of hydrogen-bond acceptors (Lipinski definition) is 3. The third-order valence-corrected chi connectivity index (χ3v) is 2.63. The summed E-state index contributed by atoms with van der Waals surface area (Å²) in [5, 5.41) is 9.81. The van der Waals surface area contributed by atoms with Crippen LogP contribution in [0.4, 0.5) is 0 Å². The number of rotatable bonds is 2. The van der Waals surface area contributed by atoms with Crippen LogP contribution in [0.3, 0.4) is 0 Å². The Morgan fingerprint density at radius 1 is 1.24 bits per heavy atom. The monoisotopic (exact) mass is 244 g/mol. The van der Waals surface area contributed by atoms with E-state index >= 15 is 0 Å². The third-order valence-electron chi connectivity index (χ3n) is 2.38. The fraction of sp³-hybridized carbons (Fsp3) is 0.0769. The van der Waals surface area contributed by atoms with Gasteiger partial charge in [0.2, 0.25) is 5.88 Å². The van der Waals surface area contributed by atoms with Crippen molar-refractivity contribution in [3.05, 3.63) is 47.1 Å². The van der Waals surface area contributed by atoms with Gasteiger partial charge in [-0.1, -0.05) is 23.7 Å². The first-order chi connectivity index (χ1) is 8.26. The second-order valence-corrected chi connectivity index (χ2v) is 3.80. The maximum atomic E-state index is 9.15. The highest BCUT2D eigenvalue weighted by Gasteiger charge is 2.11. The average Bonchev–Trinajstić information content (AvgIpc) is 2.38. The molecule has 17 heavy (non-hydrogen) atoms. The molecule has 0 atom stereocenters. The lowest BCUT2D eigenvalue weighted by molar-refractivity contribution is 0.397. The molecule has 4 heteroatoms. The second-order valence-electron chi connectivity index (χ2n) is 3.36. The van der Waals surface area contributed by atoms with Crippen molar-refractivity contribution in [2.45, 2.75) is 0 Å². The molecule has 2 rings (SSSR count). The summed E-state index contributed by atoms with van der Waals surface area (Å²) >= 11 is 5.83. The van der Waals surface area contributed by atoms with Gasteiger partial charge in [-0.15, -0.1) is 0 Å². The number of ether oxygens (including phenoxy) is 1. The number of methoxy groups -OCH3 is 1. The van der Waals surface area contributed by atoms with Crippen LogP contribution in [-0.2, 0) is 0 Å². The highest BCUT2D eigenvalue weighted by Crippen LogP contribution is 2.28. The summed E-state index contributed by atoms with van der Waals surface area (Å²) in [7, 11) is 1.49. The van der Waals surface area contributed by atoms with E-state index in [1.807, 2.05) is 12.1 Å². The van der Waals surface area contributed by atoms with Crippen LogP contribution in [0.25, 0.3) is 11.1 Å². The van der Waals surface area contributed by atoms with E-state index in [0.717, 1.165) is 11.1 Å². The molecule has 0 aliphatic heterocycles. The van der Waals surface area contributed by atoms with Crippen LogP contribution >= 0.6 is 11.6 Å². The topological polar surface area (TPSA) is 45.9 Å². The number of pyridine rings is 1. The zero-order valence-electron chi connectivity index (χ0n) is 9.14. The molecular weight excluding hydrogens is 236 g/mol. The quantitative estimate of drug-likeness (QED) is 0.814. The van der Waals surface area contributed by atoms with E-state index in [-0.39, 0.29) is 0 Å². The number of benzene rings is 1. The maximum Gasteiger partial charge on any atom is 0.232 e. The van der Waals surface area contributed by atoms with Gasteiger partial charge in [0.1, 0.15) is 11.6 Å². The summed E-state index contributed by atoms with van der Waals surface area (Å²) in [6.45, 7) is 0. The van der Waals surface area contributed by atoms with Gasteiger partial charge in [-0.05, 0) is 23.8 Å². The van der Waals surface area contributed by atoms with Crippen LogP contribution in [0.5, 0.6) is 5.88 Å². The van der Waals surface area contributed by atoms with Gasteiger partial charge in [-0.2, -0.15) is 5.26 Å². The molecule has 0 spiro atoms. The molecule has 0 radical (unpaired) electrons. The molecule has 0 saturated heterocycles. The van der Waals surface area contributed by atoms with Crippen LogP contribution in [-0.4, -0.2) is 12.1 Å². The normalized spacial score (nSPS) is 9.71. The van der Waals surface area contributed by atoms with Gasteiger partial charge < -0.3 is 4.74 Å². The van der Waals surface area contributed by atoms with Crippen molar-refractivity contribution in [2.75, 3.05) is 7.11 Å². The summed E-state index contributed by atoms with van der Waals surface area (Å²) < 4.78 is 5.06. The Labute approximate surface area is 104 Å². The smallest absolute Gasteiger partial charge is 0.232 e. The zero-order valence-corrected chi connectivity index (χ0v) is 9.90. The van der Waals surface area contributed by atoms with Gasteiger partial charge >= 0.3 is 0 Å². The second kappa shape index (κ2) is 4.86. The summed E-state index contributed by atoms with van der Waals surface area (Å²) in [6, 6.07) is 11.2. The van der Waals surface area contributed by atoms with Gasteiger partial charge in [0, 0.05) is 16.8 Å². The van der Waals surface area contributed by atoms with Crippen molar-refractivity contribution in [2.24, 2.45) is 0 Å². The molecule has 3 nitrogen and oxygen atoms in total. The minimum absolute atomic E-state index is 0.333. The maximum absolute atomic E-state index is 9.15. The Hall–Kier alpha value is -2.05. The molecule has 1 aromatic carbocycles. The van der Waals surface area contributed by atoms with E-state index in [1.54, 1.807) is 24.4 Å². The molecule has 84 valence electrons. The first-order valence-electron chi connectivity index (χ1n) is 4.95. The Balaban J connectivity index is 2.60. The lowest BCUT2D eigenvalue weighted by atomic mass is 10.0. The van der Waals surface area contributed by atoms with Crippen molar-refractivity contribution in [1.29, 1.82) is 5.26 Å². The van der Waals surface area contributed by atoms with Crippen LogP contribution < -0.4 is 4.74 Å². The molecule has 0 unspecified atom stereocenters. The van der Waals surface area contributed by atoms with Gasteiger partial charge in [-0.3, -0.25) is 0 Å². The van der Waals surface area contributed by atoms with Gasteiger partial charge in [0.05, 0.1) is 7.11 Å². The summed E-state index contributed by atoms with van der Waals surface area (Å²) in [6.07, 6.45) is 1.61. The van der Waals surface area contributed by atoms with E-state index in [2.05, 4.69) is 11.1 Å². The summed E-state index contributed by atoms with van der Waals surface area (Å²) in [4.78, 5) is 4.00. The summed E-state index contributed by atoms with van der Waals surface area (Å²) in [5.74, 6) is 0.333. The minimum atomic E-state index is 0.333. The Morgan fingerprint density at radius 3 is 2.53 bits per heavy atom. The minimum Gasteiger partial charge on any atom is -0.480 e. The molecule has 0 amide bonds. The average molecular weight is 245 g/mol. The van der Waals surface area contributed by atoms with E-state index in [1.165, 1.54) is 7.11 Å². The van der Waals surface area contributed by atoms with Crippen LogP contribution in [0.1, 0.15) is 5.56 Å². The summed E-state index contributed by atoms with van der Waals surface area (Å²) in [5.41, 5.74) is 2.12. The Kier molecular flexibility index (Phi) is 3.27. The molecule has 0 aliphatic carbocycles. The zero-order chi connectivity index (χ0) is 12.3. The predicted molar refractivity (Wildman–Crippen MR) is 66.0 cm³/mol. The molecule has 0 saturated carbocycles. The molecule has 2 aromatic rings. The highest BCUT2D eigenvalue weighted by atomic mass is 35.5. The fourth-order valence-electron chi connectivity index (χ4n) is 1.58. The number of aromatic nitrogens is 1. The van der Waals surface area contributed by atoms with Gasteiger partial charge in [0.25, 0.3) is 0 Å². The lowest BCUT2D eigenvalue weighted by Gasteiger charge is -2.07. The van der Waals surface area contributed by atoms with Gasteiger partial charge in [-0.25, -0.2) is 4.98 Å². The molecule has 0 aliphatic rings. The number of hydrogen-bond donors (Lipinski definition) is 0. The van der Waals surface area contributed by atoms with E-state index in [9.17, 15) is 0 Å². The fourth-order valence-corrected chi connectivity index (χ4v) is 1.70. The molecular formula is C13H9ClN2O. The van der Waals surface area contributed by atoms with Crippen molar-refractivity contribution >= 4 is 11.6 Å². The predicted octanol–water partition coefficient (Wildman–Crippen LogP) is 3.28. The van der Waals surface area contributed by atoms with Crippen LogP contribution in [0, 0.1) is 11.3 Å². The van der Waals surface area contributed by atoms with Crippen molar-refractivity contribution in [3.63, 3.8) is 0 Å². The third kappa shape index (κ3) is 2.22. The largest absolute Gasteiger partial charge is 0.480 e. The molecule has 1 heterocycles. The van der Waals surface area contributed by atoms with E-state index < -0.39 is 0 Å². The standard InChI is InChI=1S/C13H9ClN2O/c1-17-13-12(8-15)11(6-7-16-13)9-2-4-10(14)5-3-9/h2-7H,1H3. The van der Waals surface area contributed by atoms with Crippen molar-refractivity contribution in [1.82, 2.24) is 4.98 Å². The molecule has 0 bridgehead atoms. The number of halogens is 1. The van der Waals surface area contributed by atoms with E-state index in [4.69, 9.17) is 21.6 Å². The first kappa shape index (κ1) is 11.4. The van der Waals surface area contributed by atoms with Gasteiger partial charge in [0.15, 0.2) is 0 Å². The SMILES string of the molecule is COc1nccc(-c2ccc(Cl)cc2)c1C#N. The highest BCUT2D eigenvalue weighted by molar-refractivity contribution is 6.30. The van der Waals surface area contributed by atoms with Crippen molar-refractivity contribution < 1.29 is 4.74 Å². The number of nitrogens with zero attached hydrogens (tertiary/aromatic N) is 2. The molecule has 0 N–H and O–H groups in total.